The van der Waals surface area contributed by atoms with Crippen LogP contribution in [0.4, 0.5) is 13.2 Å². The van der Waals surface area contributed by atoms with Gasteiger partial charge in [-0.05, 0) is 36.4 Å². The first-order valence-electron chi connectivity index (χ1n) is 7.46. The van der Waals surface area contributed by atoms with Crippen LogP contribution < -0.4 is 5.32 Å². The van der Waals surface area contributed by atoms with E-state index in [4.69, 9.17) is 14.3 Å². The number of hydrogen-bond donors (Lipinski definition) is 2. The minimum Gasteiger partial charge on any atom is -0.475 e. The van der Waals surface area contributed by atoms with Crippen molar-refractivity contribution in [1.82, 2.24) is 14.9 Å². The number of rotatable bonds is 4. The number of carboxylic acids is 1. The molecule has 0 bridgehead atoms. The highest BCUT2D eigenvalue weighted by atomic mass is 19.4. The second kappa shape index (κ2) is 8.70. The number of alkyl halides is 3. The van der Waals surface area contributed by atoms with E-state index >= 15 is 0 Å². The molecule has 142 valence electrons. The summed E-state index contributed by atoms with van der Waals surface area (Å²) in [6.45, 7) is 0.384. The third-order valence-electron chi connectivity index (χ3n) is 3.18. The number of carboxylic acid groups (broad SMARTS) is 1. The molecule has 0 aliphatic rings. The van der Waals surface area contributed by atoms with Crippen LogP contribution in [-0.2, 0) is 11.3 Å². The number of nitrogens with one attached hydrogen (secondary N) is 1. The fourth-order valence-electron chi connectivity index (χ4n) is 1.88. The van der Waals surface area contributed by atoms with E-state index in [2.05, 4.69) is 10.3 Å². The molecule has 1 amide bonds. The van der Waals surface area contributed by atoms with Crippen molar-refractivity contribution in [3.8, 4) is 5.69 Å². The van der Waals surface area contributed by atoms with Crippen LogP contribution in [0.15, 0.2) is 65.8 Å². The number of hydrogen-bond acceptors (Lipinski definition) is 4. The summed E-state index contributed by atoms with van der Waals surface area (Å²) < 4.78 is 38.8. The normalized spacial score (nSPS) is 10.6. The molecule has 2 heterocycles. The lowest BCUT2D eigenvalue weighted by atomic mass is 10.2. The number of furan rings is 1. The lowest BCUT2D eigenvalue weighted by Crippen LogP contribution is -2.22. The van der Waals surface area contributed by atoms with Gasteiger partial charge in [-0.15, -0.1) is 0 Å². The Labute approximate surface area is 151 Å². The SMILES string of the molecule is O=C(NCc1ccco1)c1ccc(-n2ccnc2)cc1.O=C(O)C(F)(F)F. The van der Waals surface area contributed by atoms with E-state index in [0.717, 1.165) is 11.4 Å². The number of halogens is 3. The van der Waals surface area contributed by atoms with E-state index in [9.17, 15) is 18.0 Å². The van der Waals surface area contributed by atoms with E-state index in [-0.39, 0.29) is 5.91 Å². The third kappa shape index (κ3) is 6.03. The standard InChI is InChI=1S/C15H13N3O2.C2HF3O2/c19-15(17-10-14-2-1-9-20-14)12-3-5-13(6-4-12)18-8-7-16-11-18;3-2(4,5)1(6)7/h1-9,11H,10H2,(H,17,19);(H,6,7). The molecule has 2 aromatic heterocycles. The Bertz CT molecular complexity index is 858. The molecule has 0 aliphatic heterocycles. The van der Waals surface area contributed by atoms with Crippen LogP contribution in [-0.4, -0.2) is 32.7 Å². The molecule has 2 N–H and O–H groups in total. The fourth-order valence-corrected chi connectivity index (χ4v) is 1.88. The zero-order valence-electron chi connectivity index (χ0n) is 13.7. The van der Waals surface area contributed by atoms with Crippen LogP contribution in [0.2, 0.25) is 0 Å². The molecule has 7 nitrogen and oxygen atoms in total. The molecule has 0 atom stereocenters. The Kier molecular flexibility index (Phi) is 6.36. The molecule has 3 rings (SSSR count). The molecule has 0 aliphatic carbocycles. The molecule has 27 heavy (non-hydrogen) atoms. The van der Waals surface area contributed by atoms with Gasteiger partial charge in [0.2, 0.25) is 0 Å². The molecule has 0 fully saturated rings. The Hall–Kier alpha value is -3.56. The van der Waals surface area contributed by atoms with Gasteiger partial charge in [-0.3, -0.25) is 4.79 Å². The van der Waals surface area contributed by atoms with Crippen molar-refractivity contribution in [3.63, 3.8) is 0 Å². The number of carbonyl (C=O) groups is 2. The first-order chi connectivity index (χ1) is 12.8. The van der Waals surface area contributed by atoms with Gasteiger partial charge in [0.15, 0.2) is 0 Å². The summed E-state index contributed by atoms with van der Waals surface area (Å²) in [5.41, 5.74) is 1.57. The Morgan fingerprint density at radius 1 is 1.19 bits per heavy atom. The molecule has 1 aromatic carbocycles. The maximum Gasteiger partial charge on any atom is 0.490 e. The van der Waals surface area contributed by atoms with Crippen LogP contribution in [0.1, 0.15) is 16.1 Å². The molecule has 0 spiro atoms. The van der Waals surface area contributed by atoms with E-state index in [0.29, 0.717) is 12.1 Å². The minimum absolute atomic E-state index is 0.126. The van der Waals surface area contributed by atoms with Crippen LogP contribution in [0.3, 0.4) is 0 Å². The molecular formula is C17H14F3N3O4. The van der Waals surface area contributed by atoms with Crippen molar-refractivity contribution >= 4 is 11.9 Å². The molecule has 10 heteroatoms. The summed E-state index contributed by atoms with van der Waals surface area (Å²) in [5.74, 6) is -2.15. The van der Waals surface area contributed by atoms with Crippen LogP contribution >= 0.6 is 0 Å². The predicted molar refractivity (Wildman–Crippen MR) is 87.1 cm³/mol. The van der Waals surface area contributed by atoms with Crippen molar-refractivity contribution in [2.75, 3.05) is 0 Å². The molecule has 0 saturated carbocycles. The number of amides is 1. The van der Waals surface area contributed by atoms with Gasteiger partial charge in [0, 0.05) is 23.6 Å². The Balaban J connectivity index is 0.000000321. The lowest BCUT2D eigenvalue weighted by Gasteiger charge is -2.05. The first kappa shape index (κ1) is 19.8. The predicted octanol–water partition coefficient (Wildman–Crippen LogP) is 3.03. The van der Waals surface area contributed by atoms with Gasteiger partial charge in [0.25, 0.3) is 5.91 Å². The van der Waals surface area contributed by atoms with Gasteiger partial charge >= 0.3 is 12.1 Å². The Morgan fingerprint density at radius 3 is 2.33 bits per heavy atom. The zero-order valence-corrected chi connectivity index (χ0v) is 13.7. The molecular weight excluding hydrogens is 367 g/mol. The fraction of sp³-hybridized carbons (Fsp3) is 0.118. The highest BCUT2D eigenvalue weighted by Crippen LogP contribution is 2.13. The van der Waals surface area contributed by atoms with Gasteiger partial charge < -0.3 is 19.4 Å². The summed E-state index contributed by atoms with van der Waals surface area (Å²) in [7, 11) is 0. The topological polar surface area (TPSA) is 97.4 Å². The van der Waals surface area contributed by atoms with E-state index < -0.39 is 12.1 Å². The number of benzene rings is 1. The monoisotopic (exact) mass is 381 g/mol. The van der Waals surface area contributed by atoms with Gasteiger partial charge in [0.05, 0.1) is 19.1 Å². The summed E-state index contributed by atoms with van der Waals surface area (Å²) in [6.07, 6.45) is 1.78. The van der Waals surface area contributed by atoms with Gasteiger partial charge in [-0.1, -0.05) is 0 Å². The van der Waals surface area contributed by atoms with Crippen molar-refractivity contribution in [1.29, 1.82) is 0 Å². The minimum atomic E-state index is -5.08. The highest BCUT2D eigenvalue weighted by Gasteiger charge is 2.38. The van der Waals surface area contributed by atoms with Crippen LogP contribution in [0, 0.1) is 0 Å². The smallest absolute Gasteiger partial charge is 0.475 e. The summed E-state index contributed by atoms with van der Waals surface area (Å²) >= 11 is 0. The van der Waals surface area contributed by atoms with Crippen molar-refractivity contribution < 1.29 is 32.3 Å². The number of imidazole rings is 1. The van der Waals surface area contributed by atoms with Crippen molar-refractivity contribution in [3.05, 3.63) is 72.7 Å². The second-order valence-corrected chi connectivity index (χ2v) is 5.08. The summed E-state index contributed by atoms with van der Waals surface area (Å²) in [4.78, 5) is 24.8. The van der Waals surface area contributed by atoms with E-state index in [1.54, 1.807) is 37.0 Å². The lowest BCUT2D eigenvalue weighted by molar-refractivity contribution is -0.192. The summed E-state index contributed by atoms with van der Waals surface area (Å²) in [5, 5.41) is 9.93. The zero-order chi connectivity index (χ0) is 19.9. The number of nitrogens with zero attached hydrogens (tertiary/aromatic N) is 2. The van der Waals surface area contributed by atoms with Crippen molar-refractivity contribution in [2.24, 2.45) is 0 Å². The van der Waals surface area contributed by atoms with E-state index in [1.165, 1.54) is 0 Å². The third-order valence-corrected chi connectivity index (χ3v) is 3.18. The molecule has 3 aromatic rings. The van der Waals surface area contributed by atoms with Gasteiger partial charge in [-0.2, -0.15) is 13.2 Å². The van der Waals surface area contributed by atoms with Gasteiger partial charge in [-0.25, -0.2) is 9.78 Å². The Morgan fingerprint density at radius 2 is 1.85 bits per heavy atom. The van der Waals surface area contributed by atoms with Gasteiger partial charge in [0.1, 0.15) is 5.76 Å². The highest BCUT2D eigenvalue weighted by molar-refractivity contribution is 5.94. The van der Waals surface area contributed by atoms with Crippen LogP contribution in [0.25, 0.3) is 5.69 Å². The first-order valence-corrected chi connectivity index (χ1v) is 7.46. The maximum atomic E-state index is 12.0. The largest absolute Gasteiger partial charge is 0.490 e. The average Bonchev–Trinajstić information content (AvgIpc) is 3.33. The molecule has 0 saturated heterocycles. The number of aliphatic carboxylic acids is 1. The average molecular weight is 381 g/mol. The number of carbonyl (C=O) groups excluding carboxylic acids is 1. The quantitative estimate of drug-likeness (QED) is 0.724. The maximum absolute atomic E-state index is 12.0. The van der Waals surface area contributed by atoms with E-state index in [1.807, 2.05) is 29.0 Å². The van der Waals surface area contributed by atoms with Crippen LogP contribution in [0.5, 0.6) is 0 Å². The molecule has 0 radical (unpaired) electrons. The number of aromatic nitrogens is 2. The molecule has 0 unspecified atom stereocenters. The second-order valence-electron chi connectivity index (χ2n) is 5.08. The van der Waals surface area contributed by atoms with Crippen molar-refractivity contribution in [2.45, 2.75) is 12.7 Å². The summed E-state index contributed by atoms with van der Waals surface area (Å²) in [6, 6.07) is 10.9.